The second-order valence-electron chi connectivity index (χ2n) is 4.06. The number of rotatable bonds is 3. The Morgan fingerprint density at radius 2 is 2.50 bits per heavy atom. The monoisotopic (exact) mass is 271 g/mol. The lowest BCUT2D eigenvalue weighted by atomic mass is 10.2. The van der Waals surface area contributed by atoms with E-state index in [1.54, 1.807) is 6.07 Å². The minimum Gasteiger partial charge on any atom is -0.495 e. The molecule has 2 N–H and O–H groups in total. The fourth-order valence-electron chi connectivity index (χ4n) is 1.92. The van der Waals surface area contributed by atoms with Gasteiger partial charge in [-0.15, -0.1) is 0 Å². The molecular formula is C11H14ClN3O3. The van der Waals surface area contributed by atoms with E-state index in [9.17, 15) is 4.79 Å². The van der Waals surface area contributed by atoms with E-state index >= 15 is 0 Å². The zero-order chi connectivity index (χ0) is 13.1. The molecule has 1 atom stereocenters. The number of pyridine rings is 1. The fourth-order valence-corrected chi connectivity index (χ4v) is 2.10. The first-order chi connectivity index (χ1) is 8.60. The average molecular weight is 272 g/mol. The Balaban J connectivity index is 2.00. The van der Waals surface area contributed by atoms with Crippen LogP contribution in [0.4, 0.5) is 10.6 Å². The number of carbonyl (C=O) groups is 1. The largest absolute Gasteiger partial charge is 0.495 e. The summed E-state index contributed by atoms with van der Waals surface area (Å²) in [4.78, 5) is 16.3. The summed E-state index contributed by atoms with van der Waals surface area (Å²) in [7, 11) is 1.53. The molecular weight excluding hydrogens is 258 g/mol. The molecule has 1 aliphatic rings. The van der Waals surface area contributed by atoms with Crippen molar-refractivity contribution in [3.63, 3.8) is 0 Å². The van der Waals surface area contributed by atoms with Crippen LogP contribution >= 0.6 is 11.6 Å². The van der Waals surface area contributed by atoms with Crippen molar-refractivity contribution < 1.29 is 14.6 Å². The van der Waals surface area contributed by atoms with Crippen LogP contribution in [0.25, 0.3) is 0 Å². The standard InChI is InChI=1S/C11H14ClN3O3/c1-18-9-4-10(13-5-8(9)12)14-7-2-3-15(6-7)11(16)17/h4-5,7H,2-3,6H2,1H3,(H,13,14)(H,16,17)/t7-/m1/s1. The minimum atomic E-state index is -0.888. The number of carboxylic acid groups (broad SMARTS) is 1. The fraction of sp³-hybridized carbons (Fsp3) is 0.455. The lowest BCUT2D eigenvalue weighted by molar-refractivity contribution is 0.155. The van der Waals surface area contributed by atoms with Crippen LogP contribution in [0.1, 0.15) is 6.42 Å². The number of methoxy groups -OCH3 is 1. The molecule has 6 nitrogen and oxygen atoms in total. The Kier molecular flexibility index (Phi) is 3.76. The van der Waals surface area contributed by atoms with E-state index in [1.807, 2.05) is 0 Å². The predicted octanol–water partition coefficient (Wildman–Crippen LogP) is 1.91. The molecule has 0 unspecified atom stereocenters. The first-order valence-electron chi connectivity index (χ1n) is 5.54. The molecule has 2 rings (SSSR count). The Bertz CT molecular complexity index is 455. The number of likely N-dealkylation sites (tertiary alicyclic amines) is 1. The predicted molar refractivity (Wildman–Crippen MR) is 67.4 cm³/mol. The third-order valence-electron chi connectivity index (χ3n) is 2.85. The van der Waals surface area contributed by atoms with E-state index < -0.39 is 6.09 Å². The molecule has 98 valence electrons. The second kappa shape index (κ2) is 5.30. The molecule has 1 fully saturated rings. The Hall–Kier alpha value is -1.69. The van der Waals surface area contributed by atoms with Gasteiger partial charge in [0.05, 0.1) is 13.3 Å². The molecule has 1 amide bonds. The van der Waals surface area contributed by atoms with Crippen LogP contribution in [0.5, 0.6) is 5.75 Å². The summed E-state index contributed by atoms with van der Waals surface area (Å²) in [6, 6.07) is 1.77. The summed E-state index contributed by atoms with van der Waals surface area (Å²) in [5.41, 5.74) is 0. The molecule has 0 spiro atoms. The summed E-state index contributed by atoms with van der Waals surface area (Å²) in [5, 5.41) is 12.5. The van der Waals surface area contributed by atoms with Crippen LogP contribution in [-0.2, 0) is 0 Å². The van der Waals surface area contributed by atoms with Crippen molar-refractivity contribution in [3.8, 4) is 5.75 Å². The van der Waals surface area contributed by atoms with Gasteiger partial charge in [-0.3, -0.25) is 0 Å². The highest BCUT2D eigenvalue weighted by atomic mass is 35.5. The number of halogens is 1. The van der Waals surface area contributed by atoms with Crippen LogP contribution in [0.2, 0.25) is 5.02 Å². The van der Waals surface area contributed by atoms with Gasteiger partial charge >= 0.3 is 6.09 Å². The summed E-state index contributed by atoms with van der Waals surface area (Å²) in [5.74, 6) is 1.18. The molecule has 0 bridgehead atoms. The second-order valence-corrected chi connectivity index (χ2v) is 4.47. The topological polar surface area (TPSA) is 74.7 Å². The quantitative estimate of drug-likeness (QED) is 0.878. The van der Waals surface area contributed by atoms with Gasteiger partial charge in [-0.1, -0.05) is 11.6 Å². The number of hydrogen-bond donors (Lipinski definition) is 2. The number of nitrogens with zero attached hydrogens (tertiary/aromatic N) is 2. The normalized spacial score (nSPS) is 18.8. The first kappa shape index (κ1) is 12.8. The summed E-state index contributed by atoms with van der Waals surface area (Å²) in [6.07, 6.45) is 1.38. The van der Waals surface area contributed by atoms with Gasteiger partial charge in [-0.25, -0.2) is 9.78 Å². The SMILES string of the molecule is COc1cc(N[C@@H]2CCN(C(=O)O)C2)ncc1Cl. The number of hydrogen-bond acceptors (Lipinski definition) is 4. The highest BCUT2D eigenvalue weighted by molar-refractivity contribution is 6.31. The molecule has 2 heterocycles. The van der Waals surface area contributed by atoms with Gasteiger partial charge in [0.15, 0.2) is 0 Å². The van der Waals surface area contributed by atoms with E-state index in [1.165, 1.54) is 18.2 Å². The van der Waals surface area contributed by atoms with Crippen LogP contribution in [-0.4, -0.2) is 47.3 Å². The number of anilines is 1. The van der Waals surface area contributed by atoms with Gasteiger partial charge in [0, 0.05) is 25.2 Å². The van der Waals surface area contributed by atoms with Crippen molar-refractivity contribution in [1.82, 2.24) is 9.88 Å². The average Bonchev–Trinajstić information content (AvgIpc) is 2.80. The van der Waals surface area contributed by atoms with Gasteiger partial charge in [0.1, 0.15) is 16.6 Å². The number of ether oxygens (including phenoxy) is 1. The summed E-state index contributed by atoms with van der Waals surface area (Å²) < 4.78 is 5.09. The smallest absolute Gasteiger partial charge is 0.407 e. The van der Waals surface area contributed by atoms with Crippen molar-refractivity contribution in [2.45, 2.75) is 12.5 Å². The van der Waals surface area contributed by atoms with Crippen molar-refractivity contribution in [2.75, 3.05) is 25.5 Å². The molecule has 0 saturated carbocycles. The maximum atomic E-state index is 10.8. The van der Waals surface area contributed by atoms with E-state index in [0.29, 0.717) is 29.7 Å². The third-order valence-corrected chi connectivity index (χ3v) is 3.13. The minimum absolute atomic E-state index is 0.0690. The molecule has 7 heteroatoms. The molecule has 1 aromatic rings. The van der Waals surface area contributed by atoms with E-state index in [4.69, 9.17) is 21.4 Å². The zero-order valence-corrected chi connectivity index (χ0v) is 10.6. The summed E-state index contributed by atoms with van der Waals surface area (Å²) in [6.45, 7) is 1.000. The maximum absolute atomic E-state index is 10.8. The zero-order valence-electron chi connectivity index (χ0n) is 9.89. The van der Waals surface area contributed by atoms with Gasteiger partial charge in [-0.05, 0) is 6.42 Å². The Labute approximate surface area is 110 Å². The molecule has 0 radical (unpaired) electrons. The van der Waals surface area contributed by atoms with E-state index in [-0.39, 0.29) is 6.04 Å². The van der Waals surface area contributed by atoms with Crippen LogP contribution in [0.3, 0.4) is 0 Å². The molecule has 0 aliphatic carbocycles. The molecule has 0 aromatic carbocycles. The maximum Gasteiger partial charge on any atom is 0.407 e. The molecule has 1 saturated heterocycles. The van der Waals surface area contributed by atoms with Crippen molar-refractivity contribution >= 4 is 23.5 Å². The molecule has 1 aliphatic heterocycles. The van der Waals surface area contributed by atoms with E-state index in [0.717, 1.165) is 6.42 Å². The van der Waals surface area contributed by atoms with Crippen LogP contribution in [0, 0.1) is 0 Å². The van der Waals surface area contributed by atoms with E-state index in [2.05, 4.69) is 10.3 Å². The lowest BCUT2D eigenvalue weighted by Crippen LogP contribution is -2.30. The van der Waals surface area contributed by atoms with Gasteiger partial charge in [0.25, 0.3) is 0 Å². The third kappa shape index (κ3) is 2.76. The Morgan fingerprint density at radius 3 is 3.11 bits per heavy atom. The molecule has 18 heavy (non-hydrogen) atoms. The molecule has 1 aromatic heterocycles. The van der Waals surface area contributed by atoms with Crippen LogP contribution in [0.15, 0.2) is 12.3 Å². The Morgan fingerprint density at radius 1 is 1.72 bits per heavy atom. The highest BCUT2D eigenvalue weighted by Gasteiger charge is 2.25. The first-order valence-corrected chi connectivity index (χ1v) is 5.92. The highest BCUT2D eigenvalue weighted by Crippen LogP contribution is 2.26. The van der Waals surface area contributed by atoms with Gasteiger partial charge < -0.3 is 20.1 Å². The number of aromatic nitrogens is 1. The van der Waals surface area contributed by atoms with Crippen molar-refractivity contribution in [1.29, 1.82) is 0 Å². The number of amides is 1. The summed E-state index contributed by atoms with van der Waals surface area (Å²) >= 11 is 5.88. The van der Waals surface area contributed by atoms with Crippen molar-refractivity contribution in [2.24, 2.45) is 0 Å². The lowest BCUT2D eigenvalue weighted by Gasteiger charge is -2.15. The van der Waals surface area contributed by atoms with Crippen molar-refractivity contribution in [3.05, 3.63) is 17.3 Å². The van der Waals surface area contributed by atoms with Gasteiger partial charge in [-0.2, -0.15) is 0 Å². The number of nitrogens with one attached hydrogen (secondary N) is 1. The van der Waals surface area contributed by atoms with Gasteiger partial charge in [0.2, 0.25) is 0 Å². The van der Waals surface area contributed by atoms with Crippen LogP contribution < -0.4 is 10.1 Å².